The monoisotopic (exact) mass is 825 g/mol. The first-order valence-corrected chi connectivity index (χ1v) is 22.5. The van der Waals surface area contributed by atoms with Gasteiger partial charge in [0.05, 0.1) is 27.8 Å². The number of fused-ring (bicyclic) bond motifs is 12. The minimum atomic E-state index is -0.526. The topological polar surface area (TPSA) is 22.8 Å². The summed E-state index contributed by atoms with van der Waals surface area (Å²) in [4.78, 5) is 5.64. The molecule has 2 aromatic heterocycles. The van der Waals surface area contributed by atoms with Crippen molar-refractivity contribution in [1.82, 2.24) is 14.1 Å². The lowest BCUT2D eigenvalue weighted by Crippen LogP contribution is -2.31. The normalized spacial score (nSPS) is 13.0. The van der Waals surface area contributed by atoms with Crippen LogP contribution in [0.2, 0.25) is 0 Å². The molecule has 2 heterocycles. The first-order valence-electron chi connectivity index (χ1n) is 22.5. The molecule has 0 N–H and O–H groups in total. The van der Waals surface area contributed by atoms with Gasteiger partial charge in [-0.3, -0.25) is 4.57 Å². The molecular weight excluding hydrogens is 787 g/mol. The Kier molecular flexibility index (Phi) is 7.61. The van der Waals surface area contributed by atoms with E-state index in [1.807, 2.05) is 0 Å². The number of benzene rings is 10. The van der Waals surface area contributed by atoms with E-state index in [1.54, 1.807) is 0 Å². The fraction of sp³-hybridized carbons (Fsp3) is 0.0161. The van der Waals surface area contributed by atoms with Crippen molar-refractivity contribution in [3.05, 3.63) is 259 Å². The van der Waals surface area contributed by atoms with E-state index in [0.717, 1.165) is 50.8 Å². The molecule has 3 nitrogen and oxygen atoms in total. The molecule has 0 saturated carbocycles. The highest BCUT2D eigenvalue weighted by Gasteiger charge is 2.50. The van der Waals surface area contributed by atoms with E-state index >= 15 is 0 Å². The summed E-state index contributed by atoms with van der Waals surface area (Å²) in [6, 6.07) is 86.9. The first-order chi connectivity index (χ1) is 32.3. The summed E-state index contributed by atoms with van der Waals surface area (Å²) in [5.74, 6) is 0.894. The molecule has 0 unspecified atom stereocenters. The van der Waals surface area contributed by atoms with Gasteiger partial charge < -0.3 is 4.57 Å². The Bertz CT molecular complexity index is 3810. The molecule has 2 aliphatic carbocycles. The summed E-state index contributed by atoms with van der Waals surface area (Å²) in [5.41, 5.74) is 19.7. The highest BCUT2D eigenvalue weighted by Crippen LogP contribution is 2.62. The molecule has 1 spiro atoms. The van der Waals surface area contributed by atoms with Gasteiger partial charge in [-0.2, -0.15) is 0 Å². The number of imidazole rings is 1. The second-order valence-corrected chi connectivity index (χ2v) is 17.4. The molecule has 65 heavy (non-hydrogen) atoms. The van der Waals surface area contributed by atoms with Crippen molar-refractivity contribution in [1.29, 1.82) is 0 Å². The van der Waals surface area contributed by atoms with Gasteiger partial charge in [-0.1, -0.05) is 182 Å². The van der Waals surface area contributed by atoms with Crippen LogP contribution in [0.15, 0.2) is 237 Å². The van der Waals surface area contributed by atoms with Gasteiger partial charge in [0.2, 0.25) is 0 Å². The predicted molar refractivity (Wildman–Crippen MR) is 268 cm³/mol. The summed E-state index contributed by atoms with van der Waals surface area (Å²) < 4.78 is 4.82. The maximum atomic E-state index is 5.64. The van der Waals surface area contributed by atoms with E-state index < -0.39 is 5.41 Å². The van der Waals surface area contributed by atoms with Crippen molar-refractivity contribution in [2.45, 2.75) is 5.41 Å². The second kappa shape index (κ2) is 13.7. The number of hydrogen-bond donors (Lipinski definition) is 0. The first kappa shape index (κ1) is 36.0. The lowest BCUT2D eigenvalue weighted by atomic mass is 9.61. The molecular formula is C62H39N3. The Morgan fingerprint density at radius 3 is 1.55 bits per heavy atom. The maximum absolute atomic E-state index is 5.64. The summed E-state index contributed by atoms with van der Waals surface area (Å²) in [6.07, 6.45) is 0. The molecule has 0 atom stereocenters. The summed E-state index contributed by atoms with van der Waals surface area (Å²) in [5, 5.41) is 4.98. The molecule has 0 bridgehead atoms. The molecule has 0 aliphatic heterocycles. The van der Waals surface area contributed by atoms with Crippen molar-refractivity contribution >= 4 is 32.6 Å². The predicted octanol–water partition coefficient (Wildman–Crippen LogP) is 15.5. The quantitative estimate of drug-likeness (QED) is 0.169. The molecule has 12 aromatic rings. The lowest BCUT2D eigenvalue weighted by Gasteiger charge is -2.40. The van der Waals surface area contributed by atoms with E-state index in [1.165, 1.54) is 71.6 Å². The van der Waals surface area contributed by atoms with Crippen LogP contribution in [-0.2, 0) is 5.41 Å². The molecule has 10 aromatic carbocycles. The van der Waals surface area contributed by atoms with E-state index in [9.17, 15) is 0 Å². The third-order valence-electron chi connectivity index (χ3n) is 14.1. The second-order valence-electron chi connectivity index (χ2n) is 17.4. The SMILES string of the molecule is c1ccc(-c2nc(-c3ccc4c(c3)c3cc5c(cc3n4-c3ccccc3)-c3cccc4cccc(c34)C53c4ccccc4-c4ccccc43)n(-c3ccccc3)c2-c2ccccc2)cc1. The zero-order valence-corrected chi connectivity index (χ0v) is 35.4. The Hall–Kier alpha value is -8.53. The van der Waals surface area contributed by atoms with Gasteiger partial charge in [-0.25, -0.2) is 4.98 Å². The van der Waals surface area contributed by atoms with Crippen LogP contribution < -0.4 is 0 Å². The molecule has 14 rings (SSSR count). The number of aromatic nitrogens is 3. The molecule has 0 radical (unpaired) electrons. The van der Waals surface area contributed by atoms with Gasteiger partial charge in [0, 0.05) is 38.8 Å². The van der Waals surface area contributed by atoms with Crippen LogP contribution in [-0.4, -0.2) is 14.1 Å². The Morgan fingerprint density at radius 1 is 0.338 bits per heavy atom. The van der Waals surface area contributed by atoms with Gasteiger partial charge in [-0.05, 0) is 110 Å². The largest absolute Gasteiger partial charge is 0.309 e. The smallest absolute Gasteiger partial charge is 0.145 e. The molecule has 3 heteroatoms. The number of hydrogen-bond acceptors (Lipinski definition) is 1. The van der Waals surface area contributed by atoms with Crippen molar-refractivity contribution in [3.63, 3.8) is 0 Å². The van der Waals surface area contributed by atoms with Gasteiger partial charge in [0.1, 0.15) is 5.82 Å². The van der Waals surface area contributed by atoms with Crippen molar-refractivity contribution in [3.8, 4) is 67.5 Å². The van der Waals surface area contributed by atoms with E-state index in [-0.39, 0.29) is 0 Å². The van der Waals surface area contributed by atoms with Crippen LogP contribution in [0, 0.1) is 0 Å². The van der Waals surface area contributed by atoms with Gasteiger partial charge in [0.15, 0.2) is 0 Å². The lowest BCUT2D eigenvalue weighted by molar-refractivity contribution is 0.775. The van der Waals surface area contributed by atoms with Crippen molar-refractivity contribution in [2.75, 3.05) is 0 Å². The molecule has 0 amide bonds. The fourth-order valence-electron chi connectivity index (χ4n) is 11.5. The number of para-hydroxylation sites is 2. The van der Waals surface area contributed by atoms with Gasteiger partial charge in [0.25, 0.3) is 0 Å². The number of nitrogens with zero attached hydrogens (tertiary/aromatic N) is 3. The average molecular weight is 826 g/mol. The molecule has 2 aliphatic rings. The summed E-state index contributed by atoms with van der Waals surface area (Å²) >= 11 is 0. The maximum Gasteiger partial charge on any atom is 0.145 e. The Morgan fingerprint density at radius 2 is 0.877 bits per heavy atom. The highest BCUT2D eigenvalue weighted by molar-refractivity contribution is 6.15. The van der Waals surface area contributed by atoms with Crippen LogP contribution in [0.25, 0.3) is 100 Å². The zero-order chi connectivity index (χ0) is 42.6. The van der Waals surface area contributed by atoms with E-state index in [4.69, 9.17) is 4.98 Å². The molecule has 0 saturated heterocycles. The molecule has 302 valence electrons. The molecule has 0 fully saturated rings. The van der Waals surface area contributed by atoms with Crippen LogP contribution in [0.4, 0.5) is 0 Å². The van der Waals surface area contributed by atoms with Gasteiger partial charge in [-0.15, -0.1) is 0 Å². The van der Waals surface area contributed by atoms with Crippen molar-refractivity contribution in [2.24, 2.45) is 0 Å². The number of rotatable bonds is 5. The van der Waals surface area contributed by atoms with Gasteiger partial charge >= 0.3 is 0 Å². The Balaban J connectivity index is 1.12. The van der Waals surface area contributed by atoms with Crippen LogP contribution in [0.3, 0.4) is 0 Å². The minimum absolute atomic E-state index is 0.526. The summed E-state index contributed by atoms with van der Waals surface area (Å²) in [6.45, 7) is 0. The van der Waals surface area contributed by atoms with Crippen LogP contribution in [0.5, 0.6) is 0 Å². The van der Waals surface area contributed by atoms with Crippen molar-refractivity contribution < 1.29 is 0 Å². The third-order valence-corrected chi connectivity index (χ3v) is 14.1. The standard InChI is InChI=1S/C62H39N3/c1-5-19-41(20-6-1)59-60(42-21-7-2-8-22-42)65(45-27-11-4-12-28-45)61(63-59)43-35-36-56-50(37-43)51-38-55-49(39-57(51)64(56)44-25-9-3-10-26-44)48-31-17-23-40-24-18-34-54(58(40)48)62(55)52-32-15-13-29-46(52)47-30-14-16-33-53(47)62/h1-39H. The van der Waals surface area contributed by atoms with Crippen LogP contribution >= 0.6 is 0 Å². The van der Waals surface area contributed by atoms with E-state index in [0.29, 0.717) is 0 Å². The highest BCUT2D eigenvalue weighted by atomic mass is 15.1. The zero-order valence-electron chi connectivity index (χ0n) is 35.4. The fourth-order valence-corrected chi connectivity index (χ4v) is 11.5. The summed E-state index contributed by atoms with van der Waals surface area (Å²) in [7, 11) is 0. The average Bonchev–Trinajstić information content (AvgIpc) is 4.03. The minimum Gasteiger partial charge on any atom is -0.309 e. The third kappa shape index (κ3) is 4.98. The Labute approximate surface area is 376 Å². The van der Waals surface area contributed by atoms with E-state index in [2.05, 4.69) is 246 Å². The van der Waals surface area contributed by atoms with Crippen LogP contribution in [0.1, 0.15) is 22.3 Å².